The predicted octanol–water partition coefficient (Wildman–Crippen LogP) is 3.95. The number of amides is 3. The number of hydrogen-bond donors (Lipinski definition) is 1. The summed E-state index contributed by atoms with van der Waals surface area (Å²) in [5, 5.41) is 9.02. The molecule has 0 radical (unpaired) electrons. The quantitative estimate of drug-likeness (QED) is 0.596. The van der Waals surface area contributed by atoms with Gasteiger partial charge in [-0.2, -0.15) is 5.10 Å². The molecule has 0 spiro atoms. The number of carbonyl (C=O) groups excluding carboxylic acids is 2. The van der Waals surface area contributed by atoms with Gasteiger partial charge in [0, 0.05) is 43.7 Å². The van der Waals surface area contributed by atoms with Gasteiger partial charge in [-0.1, -0.05) is 48.0 Å². The van der Waals surface area contributed by atoms with E-state index in [1.54, 1.807) is 23.1 Å². The molecule has 0 aliphatic carbocycles. The van der Waals surface area contributed by atoms with Crippen LogP contribution >= 0.6 is 0 Å². The van der Waals surface area contributed by atoms with Gasteiger partial charge in [0.1, 0.15) is 12.4 Å². The fourth-order valence-electron chi connectivity index (χ4n) is 4.62. The summed E-state index contributed by atoms with van der Waals surface area (Å²) >= 11 is 0. The van der Waals surface area contributed by atoms with Crippen molar-refractivity contribution in [2.75, 3.05) is 45.9 Å². The van der Waals surface area contributed by atoms with Crippen LogP contribution in [-0.4, -0.2) is 83.9 Å². The Balaban J connectivity index is 1.58. The first-order valence-corrected chi connectivity index (χ1v) is 13.2. The van der Waals surface area contributed by atoms with E-state index in [4.69, 9.17) is 4.74 Å². The lowest BCUT2D eigenvalue weighted by atomic mass is 9.97. The number of aryl methyl sites for hydroxylation is 1. The Hall–Kier alpha value is -3.30. The van der Waals surface area contributed by atoms with Gasteiger partial charge < -0.3 is 15.0 Å². The molecule has 204 valence electrons. The van der Waals surface area contributed by atoms with Crippen molar-refractivity contribution in [3.05, 3.63) is 71.0 Å². The second kappa shape index (κ2) is 12.0. The average Bonchev–Trinajstić information content (AvgIpc) is 3.32. The van der Waals surface area contributed by atoms with E-state index in [9.17, 15) is 14.0 Å². The van der Waals surface area contributed by atoms with Crippen LogP contribution in [0.2, 0.25) is 0 Å². The van der Waals surface area contributed by atoms with Crippen LogP contribution in [-0.2, 0) is 9.53 Å². The highest BCUT2D eigenvalue weighted by Gasteiger charge is 2.35. The molecule has 1 atom stereocenters. The van der Waals surface area contributed by atoms with Gasteiger partial charge in [0.2, 0.25) is 0 Å². The molecule has 0 bridgehead atoms. The lowest BCUT2D eigenvalue weighted by Crippen LogP contribution is -2.53. The smallest absolute Gasteiger partial charge is 0.318 e. The van der Waals surface area contributed by atoms with Crippen molar-refractivity contribution in [2.24, 2.45) is 5.10 Å². The molecule has 4 rings (SSSR count). The van der Waals surface area contributed by atoms with E-state index >= 15 is 0 Å². The summed E-state index contributed by atoms with van der Waals surface area (Å²) in [6.07, 6.45) is 0.387. The van der Waals surface area contributed by atoms with E-state index in [0.717, 1.165) is 24.2 Å². The normalized spacial score (nSPS) is 18.3. The van der Waals surface area contributed by atoms with Gasteiger partial charge in [0.05, 0.1) is 25.0 Å². The molecule has 1 saturated heterocycles. The highest BCUT2D eigenvalue weighted by Crippen LogP contribution is 2.33. The van der Waals surface area contributed by atoms with Crippen LogP contribution in [0.5, 0.6) is 0 Å². The number of ether oxygens (including phenoxy) is 1. The number of benzene rings is 2. The second-order valence-corrected chi connectivity index (χ2v) is 11.0. The minimum absolute atomic E-state index is 0.136. The van der Waals surface area contributed by atoms with Gasteiger partial charge >= 0.3 is 6.03 Å². The summed E-state index contributed by atoms with van der Waals surface area (Å²) < 4.78 is 20.1. The van der Waals surface area contributed by atoms with E-state index in [0.29, 0.717) is 44.0 Å². The third-order valence-electron chi connectivity index (χ3n) is 6.70. The molecule has 2 aromatic carbocycles. The van der Waals surface area contributed by atoms with Crippen LogP contribution < -0.4 is 5.32 Å². The Kier molecular flexibility index (Phi) is 8.79. The maximum atomic E-state index is 14.6. The monoisotopic (exact) mass is 523 g/mol. The van der Waals surface area contributed by atoms with Crippen molar-refractivity contribution in [2.45, 2.75) is 45.7 Å². The number of carbonyl (C=O) groups is 2. The van der Waals surface area contributed by atoms with Gasteiger partial charge in [0.15, 0.2) is 0 Å². The molecule has 3 amide bonds. The molecule has 8 nitrogen and oxygen atoms in total. The van der Waals surface area contributed by atoms with Crippen LogP contribution in [0.1, 0.15) is 49.9 Å². The Bertz CT molecular complexity index is 1160. The van der Waals surface area contributed by atoms with Crippen molar-refractivity contribution in [1.82, 2.24) is 20.1 Å². The van der Waals surface area contributed by atoms with Gasteiger partial charge in [-0.25, -0.2) is 14.2 Å². The maximum Gasteiger partial charge on any atom is 0.318 e. The molecule has 0 unspecified atom stereocenters. The summed E-state index contributed by atoms with van der Waals surface area (Å²) in [6.45, 7) is 11.5. The first kappa shape index (κ1) is 27.7. The minimum atomic E-state index is -0.453. The maximum absolute atomic E-state index is 14.6. The fourth-order valence-corrected chi connectivity index (χ4v) is 4.62. The van der Waals surface area contributed by atoms with Crippen molar-refractivity contribution in [1.29, 1.82) is 0 Å². The molecule has 2 aliphatic heterocycles. The lowest BCUT2D eigenvalue weighted by molar-refractivity contribution is -0.133. The lowest BCUT2D eigenvalue weighted by Gasteiger charge is -2.32. The SMILES string of the molecule is Cc1ccc([C@@H]2CC(c3ccccc3F)=NN2C(=O)CN(CCN2CCOCC2)C(=O)NC(C)(C)C)cc1. The van der Waals surface area contributed by atoms with Crippen LogP contribution in [0.4, 0.5) is 9.18 Å². The number of hydrazone groups is 1. The molecular weight excluding hydrogens is 485 g/mol. The Labute approximate surface area is 224 Å². The van der Waals surface area contributed by atoms with Gasteiger partial charge in [-0.05, 0) is 39.3 Å². The standard InChI is InChI=1S/C29H38FN5O3/c1-21-9-11-22(12-10-21)26-19-25(23-7-5-6-8-24(23)30)32-35(26)27(36)20-34(28(37)31-29(2,3)4)14-13-33-15-17-38-18-16-33/h5-12,26H,13-20H2,1-4H3,(H,31,37)/t26-/m0/s1. The van der Waals surface area contributed by atoms with Crippen molar-refractivity contribution >= 4 is 17.6 Å². The fraction of sp³-hybridized carbons (Fsp3) is 0.483. The average molecular weight is 524 g/mol. The molecule has 2 aromatic rings. The van der Waals surface area contributed by atoms with E-state index < -0.39 is 5.54 Å². The first-order valence-electron chi connectivity index (χ1n) is 13.2. The number of urea groups is 1. The minimum Gasteiger partial charge on any atom is -0.379 e. The van der Waals surface area contributed by atoms with E-state index in [1.807, 2.05) is 52.0 Å². The topological polar surface area (TPSA) is 77.5 Å². The number of rotatable bonds is 7. The summed E-state index contributed by atoms with van der Waals surface area (Å²) in [7, 11) is 0. The molecule has 1 N–H and O–H groups in total. The summed E-state index contributed by atoms with van der Waals surface area (Å²) in [4.78, 5) is 30.8. The second-order valence-electron chi connectivity index (χ2n) is 11.0. The van der Waals surface area contributed by atoms with E-state index in [-0.39, 0.29) is 30.3 Å². The number of nitrogens with zero attached hydrogens (tertiary/aromatic N) is 4. The number of halogens is 1. The molecule has 0 saturated carbocycles. The van der Waals surface area contributed by atoms with Crippen LogP contribution in [0.15, 0.2) is 53.6 Å². The third kappa shape index (κ3) is 7.17. The zero-order valence-electron chi connectivity index (χ0n) is 22.7. The Morgan fingerprint density at radius 3 is 2.45 bits per heavy atom. The van der Waals surface area contributed by atoms with Gasteiger partial charge in [-0.15, -0.1) is 0 Å². The number of nitrogens with one attached hydrogen (secondary N) is 1. The Morgan fingerprint density at radius 1 is 1.11 bits per heavy atom. The molecule has 38 heavy (non-hydrogen) atoms. The number of morpholine rings is 1. The van der Waals surface area contributed by atoms with Crippen LogP contribution in [0, 0.1) is 12.7 Å². The van der Waals surface area contributed by atoms with E-state index in [1.165, 1.54) is 11.1 Å². The largest absolute Gasteiger partial charge is 0.379 e. The predicted molar refractivity (Wildman–Crippen MR) is 145 cm³/mol. The molecule has 0 aromatic heterocycles. The van der Waals surface area contributed by atoms with Crippen LogP contribution in [0.3, 0.4) is 0 Å². The van der Waals surface area contributed by atoms with Crippen LogP contribution in [0.25, 0.3) is 0 Å². The summed E-state index contributed by atoms with van der Waals surface area (Å²) in [5.41, 5.74) is 2.47. The molecule has 2 heterocycles. The zero-order chi connectivity index (χ0) is 27.3. The first-order chi connectivity index (χ1) is 18.1. The van der Waals surface area contributed by atoms with E-state index in [2.05, 4.69) is 15.3 Å². The molecular formula is C29H38FN5O3. The number of hydrogen-bond acceptors (Lipinski definition) is 5. The third-order valence-corrected chi connectivity index (χ3v) is 6.70. The molecule has 2 aliphatic rings. The summed E-state index contributed by atoms with van der Waals surface area (Å²) in [5.74, 6) is -0.687. The van der Waals surface area contributed by atoms with Crippen molar-refractivity contribution in [3.63, 3.8) is 0 Å². The molecule has 9 heteroatoms. The summed E-state index contributed by atoms with van der Waals surface area (Å²) in [6, 6.07) is 13.7. The zero-order valence-corrected chi connectivity index (χ0v) is 22.7. The van der Waals surface area contributed by atoms with Crippen molar-refractivity contribution in [3.8, 4) is 0 Å². The van der Waals surface area contributed by atoms with Gasteiger partial charge in [-0.3, -0.25) is 9.69 Å². The van der Waals surface area contributed by atoms with Crippen molar-refractivity contribution < 1.29 is 18.7 Å². The Morgan fingerprint density at radius 2 is 1.79 bits per heavy atom. The molecule has 1 fully saturated rings. The highest BCUT2D eigenvalue weighted by molar-refractivity contribution is 6.03. The highest BCUT2D eigenvalue weighted by atomic mass is 19.1. The van der Waals surface area contributed by atoms with Gasteiger partial charge in [0.25, 0.3) is 5.91 Å².